The lowest BCUT2D eigenvalue weighted by molar-refractivity contribution is 1.72. The molecule has 0 aliphatic heterocycles. The van der Waals surface area contributed by atoms with Crippen LogP contribution in [0.25, 0.3) is 0 Å². The van der Waals surface area contributed by atoms with E-state index in [1.807, 2.05) is 36.4 Å². The fourth-order valence-corrected chi connectivity index (χ4v) is 0.385. The Morgan fingerprint density at radius 1 is 0.250 bits per heavy atom. The van der Waals surface area contributed by atoms with E-state index < -0.39 is 0 Å². The molecule has 12 heavy (non-hydrogen) atoms. The molecule has 0 spiro atoms. The maximum absolute atomic E-state index is 2.00. The van der Waals surface area contributed by atoms with Crippen molar-refractivity contribution in [2.24, 2.45) is 0 Å². The molecule has 0 heterocycles. The maximum atomic E-state index is 2.00. The van der Waals surface area contributed by atoms with E-state index in [4.69, 9.17) is 0 Å². The lowest BCUT2D eigenvalue weighted by atomic mass is 10.4. The monoisotopic (exact) mass is 174 g/mol. The third-order valence-corrected chi connectivity index (χ3v) is 0.667. The standard InChI is InChI=1S/C6H6.6CH4/c1-2-4-6-5-3-1;;;;;;/h1-6H;6*1H4. The summed E-state index contributed by atoms with van der Waals surface area (Å²) in [6.07, 6.45) is 0. The van der Waals surface area contributed by atoms with E-state index in [2.05, 4.69) is 0 Å². The minimum absolute atomic E-state index is 0. The Balaban J connectivity index is -0.0000000150. The Kier molecular flexibility index (Phi) is 114. The zero-order valence-corrected chi connectivity index (χ0v) is 3.46. The first-order chi connectivity index (χ1) is 3.00. The van der Waals surface area contributed by atoms with E-state index in [0.29, 0.717) is 0 Å². The molecule has 0 nitrogen and oxygen atoms in total. The molecule has 1 aromatic rings. The highest BCUT2D eigenvalue weighted by Crippen LogP contribution is 1.79. The Morgan fingerprint density at radius 3 is 0.417 bits per heavy atom. The summed E-state index contributed by atoms with van der Waals surface area (Å²) in [4.78, 5) is 0. The summed E-state index contributed by atoms with van der Waals surface area (Å²) in [5.41, 5.74) is 0. The molecule has 0 radical (unpaired) electrons. The van der Waals surface area contributed by atoms with Crippen molar-refractivity contribution < 1.29 is 0 Å². The van der Waals surface area contributed by atoms with Crippen LogP contribution in [-0.4, -0.2) is 0 Å². The van der Waals surface area contributed by atoms with Crippen LogP contribution in [0.5, 0.6) is 0 Å². The van der Waals surface area contributed by atoms with Crippen molar-refractivity contribution in [3.63, 3.8) is 0 Å². The lowest BCUT2D eigenvalue weighted by Gasteiger charge is -1.69. The highest BCUT2D eigenvalue weighted by Gasteiger charge is 1.57. The summed E-state index contributed by atoms with van der Waals surface area (Å²) in [6, 6.07) is 12.0. The molecule has 0 aromatic heterocycles. The summed E-state index contributed by atoms with van der Waals surface area (Å²) < 4.78 is 0. The van der Waals surface area contributed by atoms with Crippen molar-refractivity contribution in [1.82, 2.24) is 0 Å². The van der Waals surface area contributed by atoms with Gasteiger partial charge in [-0.2, -0.15) is 0 Å². The van der Waals surface area contributed by atoms with E-state index in [1.54, 1.807) is 0 Å². The van der Waals surface area contributed by atoms with Gasteiger partial charge in [-0.05, 0) is 0 Å². The Bertz CT molecular complexity index is 72.0. The van der Waals surface area contributed by atoms with Crippen LogP contribution in [0, 0.1) is 0 Å². The van der Waals surface area contributed by atoms with Crippen LogP contribution < -0.4 is 0 Å². The third kappa shape index (κ3) is 22.9. The van der Waals surface area contributed by atoms with Crippen molar-refractivity contribution >= 4 is 0 Å². The quantitative estimate of drug-likeness (QED) is 0.487. The van der Waals surface area contributed by atoms with Crippen LogP contribution in [0.1, 0.15) is 44.6 Å². The zero-order valence-electron chi connectivity index (χ0n) is 3.46. The number of hydrogen-bond acceptors (Lipinski definition) is 0. The first-order valence-electron chi connectivity index (χ1n) is 2.00. The van der Waals surface area contributed by atoms with Gasteiger partial charge in [0.1, 0.15) is 0 Å². The van der Waals surface area contributed by atoms with Crippen molar-refractivity contribution in [3.05, 3.63) is 36.4 Å². The molecule has 0 amide bonds. The zero-order chi connectivity index (χ0) is 4.24. The summed E-state index contributed by atoms with van der Waals surface area (Å²) in [5, 5.41) is 0. The minimum Gasteiger partial charge on any atom is -0.0776 e. The number of hydrogen-bond donors (Lipinski definition) is 0. The van der Waals surface area contributed by atoms with Gasteiger partial charge in [-0.3, -0.25) is 0 Å². The van der Waals surface area contributed by atoms with E-state index in [1.165, 1.54) is 0 Å². The second-order valence-corrected chi connectivity index (χ2v) is 1.15. The molecule has 0 saturated heterocycles. The molecule has 0 atom stereocenters. The predicted molar refractivity (Wildman–Crippen MR) is 66.8 cm³/mol. The molecule has 78 valence electrons. The lowest BCUT2D eigenvalue weighted by Crippen LogP contribution is -1.47. The van der Waals surface area contributed by atoms with Gasteiger partial charge in [0.2, 0.25) is 0 Å². The van der Waals surface area contributed by atoms with Crippen molar-refractivity contribution in [2.45, 2.75) is 44.6 Å². The molecular formula is C12H30. The minimum atomic E-state index is 0. The molecule has 0 bridgehead atoms. The number of benzene rings is 1. The first-order valence-corrected chi connectivity index (χ1v) is 2.00. The fraction of sp³-hybridized carbons (Fsp3) is 0.500. The van der Waals surface area contributed by atoms with Crippen LogP contribution in [0.4, 0.5) is 0 Å². The van der Waals surface area contributed by atoms with Gasteiger partial charge in [0.15, 0.2) is 0 Å². The predicted octanol–water partition coefficient (Wildman–Crippen LogP) is 5.50. The van der Waals surface area contributed by atoms with Gasteiger partial charge in [0.25, 0.3) is 0 Å². The van der Waals surface area contributed by atoms with Crippen LogP contribution >= 0.6 is 0 Å². The van der Waals surface area contributed by atoms with E-state index in [-0.39, 0.29) is 44.6 Å². The first kappa shape index (κ1) is 43.0. The normalized spacial score (nSPS) is 4.00. The molecule has 0 unspecified atom stereocenters. The fourth-order valence-electron chi connectivity index (χ4n) is 0.385. The summed E-state index contributed by atoms with van der Waals surface area (Å²) in [6.45, 7) is 0. The van der Waals surface area contributed by atoms with Gasteiger partial charge in [-0.25, -0.2) is 0 Å². The Labute approximate surface area is 81.7 Å². The maximum Gasteiger partial charge on any atom is -0.0623 e. The molecule has 0 aliphatic rings. The molecule has 0 saturated carbocycles. The van der Waals surface area contributed by atoms with Gasteiger partial charge in [-0.1, -0.05) is 81.0 Å². The summed E-state index contributed by atoms with van der Waals surface area (Å²) in [5.74, 6) is 0. The van der Waals surface area contributed by atoms with Crippen molar-refractivity contribution in [2.75, 3.05) is 0 Å². The SMILES string of the molecule is C.C.C.C.C.C.c1ccccc1. The van der Waals surface area contributed by atoms with Gasteiger partial charge in [-0.15, -0.1) is 0 Å². The van der Waals surface area contributed by atoms with Gasteiger partial charge < -0.3 is 0 Å². The molecule has 1 aromatic carbocycles. The van der Waals surface area contributed by atoms with Crippen LogP contribution in [-0.2, 0) is 0 Å². The third-order valence-electron chi connectivity index (χ3n) is 0.667. The smallest absolute Gasteiger partial charge is 0.0623 e. The highest BCUT2D eigenvalue weighted by atomic mass is 13.6. The molecule has 0 fully saturated rings. The topological polar surface area (TPSA) is 0 Å². The second kappa shape index (κ2) is 31.9. The van der Waals surface area contributed by atoms with Gasteiger partial charge in [0, 0.05) is 0 Å². The Morgan fingerprint density at radius 2 is 0.333 bits per heavy atom. The summed E-state index contributed by atoms with van der Waals surface area (Å²) >= 11 is 0. The molecule has 1 rings (SSSR count). The summed E-state index contributed by atoms with van der Waals surface area (Å²) in [7, 11) is 0. The molecule has 0 N–H and O–H groups in total. The second-order valence-electron chi connectivity index (χ2n) is 1.15. The highest BCUT2D eigenvalue weighted by molar-refractivity contribution is 4.99. The van der Waals surface area contributed by atoms with Gasteiger partial charge >= 0.3 is 0 Å². The van der Waals surface area contributed by atoms with Crippen LogP contribution in [0.2, 0.25) is 0 Å². The van der Waals surface area contributed by atoms with E-state index in [9.17, 15) is 0 Å². The largest absolute Gasteiger partial charge is 0.0776 e. The van der Waals surface area contributed by atoms with Gasteiger partial charge in [0.05, 0.1) is 0 Å². The van der Waals surface area contributed by atoms with Crippen LogP contribution in [0.3, 0.4) is 0 Å². The van der Waals surface area contributed by atoms with E-state index >= 15 is 0 Å². The average Bonchev–Trinajstić information content (AvgIpc) is 1.72. The molecule has 0 heteroatoms. The number of rotatable bonds is 0. The average molecular weight is 174 g/mol. The van der Waals surface area contributed by atoms with Crippen molar-refractivity contribution in [1.29, 1.82) is 0 Å². The Hall–Kier alpha value is -0.780. The van der Waals surface area contributed by atoms with E-state index in [0.717, 1.165) is 0 Å². The molecular weight excluding hydrogens is 144 g/mol. The van der Waals surface area contributed by atoms with Crippen molar-refractivity contribution in [3.8, 4) is 0 Å². The molecule has 0 aliphatic carbocycles. The van der Waals surface area contributed by atoms with Crippen LogP contribution in [0.15, 0.2) is 36.4 Å².